The molecule has 6 heteroatoms. The van der Waals surface area contributed by atoms with Gasteiger partial charge in [-0.1, -0.05) is 12.1 Å². The number of sulfonamides is 1. The number of hydrogen-bond donors (Lipinski definition) is 2. The quantitative estimate of drug-likeness (QED) is 0.837. The zero-order valence-electron chi connectivity index (χ0n) is 9.30. The fourth-order valence-corrected chi connectivity index (χ4v) is 2.46. The van der Waals surface area contributed by atoms with Crippen LogP contribution in [0.25, 0.3) is 0 Å². The molecule has 0 amide bonds. The van der Waals surface area contributed by atoms with E-state index in [2.05, 4.69) is 4.72 Å². The molecule has 4 nitrogen and oxygen atoms in total. The number of nitrogen functional groups attached to an aromatic ring is 1. The molecular weight excluding hydrogens is 255 g/mol. The van der Waals surface area contributed by atoms with Crippen LogP contribution in [-0.2, 0) is 10.0 Å². The molecule has 0 saturated carbocycles. The van der Waals surface area contributed by atoms with E-state index < -0.39 is 15.8 Å². The van der Waals surface area contributed by atoms with Gasteiger partial charge in [0.25, 0.3) is 10.0 Å². The maximum atomic E-state index is 13.4. The molecule has 2 aromatic rings. The molecule has 0 radical (unpaired) electrons. The van der Waals surface area contributed by atoms with E-state index in [0.717, 1.165) is 0 Å². The van der Waals surface area contributed by atoms with Crippen molar-refractivity contribution in [2.45, 2.75) is 4.90 Å². The number of rotatable bonds is 3. The van der Waals surface area contributed by atoms with Crippen molar-refractivity contribution in [3.05, 3.63) is 54.3 Å². The Balaban J connectivity index is 2.33. The Bertz CT molecular complexity index is 654. The van der Waals surface area contributed by atoms with Crippen LogP contribution in [0.3, 0.4) is 0 Å². The predicted molar refractivity (Wildman–Crippen MR) is 68.1 cm³/mol. The van der Waals surface area contributed by atoms with E-state index in [1.807, 2.05) is 0 Å². The monoisotopic (exact) mass is 266 g/mol. The third-order valence-electron chi connectivity index (χ3n) is 2.31. The maximum absolute atomic E-state index is 13.4. The average molecular weight is 266 g/mol. The predicted octanol–water partition coefficient (Wildman–Crippen LogP) is 2.21. The molecule has 0 unspecified atom stereocenters. The molecule has 0 spiro atoms. The van der Waals surface area contributed by atoms with E-state index in [4.69, 9.17) is 5.73 Å². The maximum Gasteiger partial charge on any atom is 0.261 e. The van der Waals surface area contributed by atoms with Crippen molar-refractivity contribution in [3.8, 4) is 0 Å². The lowest BCUT2D eigenvalue weighted by atomic mass is 10.3. The Kier molecular flexibility index (Phi) is 3.20. The van der Waals surface area contributed by atoms with Crippen LogP contribution >= 0.6 is 0 Å². The molecule has 0 aliphatic heterocycles. The first kappa shape index (κ1) is 12.4. The molecule has 3 N–H and O–H groups in total. The van der Waals surface area contributed by atoms with Crippen LogP contribution in [0.2, 0.25) is 0 Å². The number of anilines is 2. The third-order valence-corrected chi connectivity index (χ3v) is 3.69. The fourth-order valence-electron chi connectivity index (χ4n) is 1.39. The van der Waals surface area contributed by atoms with Crippen molar-refractivity contribution in [1.82, 2.24) is 0 Å². The van der Waals surface area contributed by atoms with Crippen LogP contribution < -0.4 is 10.5 Å². The standard InChI is InChI=1S/C12H11FN2O2S/c13-11-3-1-2-4-12(11)15-18(16,17)10-7-5-9(14)6-8-10/h1-8,15H,14H2. The van der Waals surface area contributed by atoms with Crippen molar-refractivity contribution >= 4 is 21.4 Å². The molecule has 94 valence electrons. The van der Waals surface area contributed by atoms with Crippen molar-refractivity contribution in [2.24, 2.45) is 0 Å². The SMILES string of the molecule is Nc1ccc(S(=O)(=O)Nc2ccccc2F)cc1. The summed E-state index contributed by atoms with van der Waals surface area (Å²) in [6.07, 6.45) is 0. The highest BCUT2D eigenvalue weighted by Crippen LogP contribution is 2.19. The average Bonchev–Trinajstić information content (AvgIpc) is 2.32. The van der Waals surface area contributed by atoms with Gasteiger partial charge in [0.15, 0.2) is 0 Å². The van der Waals surface area contributed by atoms with E-state index in [-0.39, 0.29) is 10.6 Å². The number of para-hydroxylation sites is 1. The molecule has 0 fully saturated rings. The molecule has 0 aliphatic carbocycles. The van der Waals surface area contributed by atoms with Crippen molar-refractivity contribution < 1.29 is 12.8 Å². The van der Waals surface area contributed by atoms with Gasteiger partial charge in [0, 0.05) is 5.69 Å². The lowest BCUT2D eigenvalue weighted by molar-refractivity contribution is 0.598. The van der Waals surface area contributed by atoms with Gasteiger partial charge in [-0.25, -0.2) is 12.8 Å². The highest BCUT2D eigenvalue weighted by molar-refractivity contribution is 7.92. The van der Waals surface area contributed by atoms with Crippen molar-refractivity contribution in [1.29, 1.82) is 0 Å². The Morgan fingerprint density at radius 3 is 2.22 bits per heavy atom. The van der Waals surface area contributed by atoms with Crippen molar-refractivity contribution in [3.63, 3.8) is 0 Å². The van der Waals surface area contributed by atoms with Gasteiger partial charge in [-0.15, -0.1) is 0 Å². The first-order valence-electron chi connectivity index (χ1n) is 5.12. The topological polar surface area (TPSA) is 72.2 Å². The first-order valence-corrected chi connectivity index (χ1v) is 6.60. The van der Waals surface area contributed by atoms with Gasteiger partial charge in [-0.05, 0) is 36.4 Å². The summed E-state index contributed by atoms with van der Waals surface area (Å²) in [7, 11) is -3.80. The van der Waals surface area contributed by atoms with Gasteiger partial charge in [0.05, 0.1) is 10.6 Å². The van der Waals surface area contributed by atoms with Crippen LogP contribution in [0, 0.1) is 5.82 Å². The van der Waals surface area contributed by atoms with E-state index in [1.165, 1.54) is 42.5 Å². The number of nitrogens with two attached hydrogens (primary N) is 1. The van der Waals surface area contributed by atoms with Gasteiger partial charge >= 0.3 is 0 Å². The minimum Gasteiger partial charge on any atom is -0.399 e. The fraction of sp³-hybridized carbons (Fsp3) is 0. The highest BCUT2D eigenvalue weighted by Gasteiger charge is 2.15. The molecule has 0 aromatic heterocycles. The minimum absolute atomic E-state index is 0.0277. The van der Waals surface area contributed by atoms with Gasteiger partial charge in [0.2, 0.25) is 0 Å². The summed E-state index contributed by atoms with van der Waals surface area (Å²) in [5.74, 6) is -0.628. The molecule has 0 saturated heterocycles. The smallest absolute Gasteiger partial charge is 0.261 e. The number of nitrogens with one attached hydrogen (secondary N) is 1. The van der Waals surface area contributed by atoms with Crippen molar-refractivity contribution in [2.75, 3.05) is 10.5 Å². The second-order valence-corrected chi connectivity index (χ2v) is 5.34. The minimum atomic E-state index is -3.80. The zero-order valence-corrected chi connectivity index (χ0v) is 10.1. The van der Waals surface area contributed by atoms with Gasteiger partial charge < -0.3 is 5.73 Å². The Labute approximate surface area is 104 Å². The van der Waals surface area contributed by atoms with Crippen LogP contribution in [-0.4, -0.2) is 8.42 Å². The summed E-state index contributed by atoms with van der Waals surface area (Å²) in [4.78, 5) is 0.0277. The zero-order chi connectivity index (χ0) is 13.2. The largest absolute Gasteiger partial charge is 0.399 e. The summed E-state index contributed by atoms with van der Waals surface area (Å²) in [5, 5.41) is 0. The molecule has 2 rings (SSSR count). The lowest BCUT2D eigenvalue weighted by Gasteiger charge is -2.08. The van der Waals surface area contributed by atoms with E-state index in [0.29, 0.717) is 5.69 Å². The van der Waals surface area contributed by atoms with E-state index in [9.17, 15) is 12.8 Å². The molecule has 0 atom stereocenters. The summed E-state index contributed by atoms with van der Waals surface area (Å²) < 4.78 is 39.4. The molecular formula is C12H11FN2O2S. The van der Waals surface area contributed by atoms with Crippen LogP contribution in [0.5, 0.6) is 0 Å². The first-order chi connectivity index (χ1) is 8.49. The molecule has 0 aliphatic rings. The molecule has 18 heavy (non-hydrogen) atoms. The summed E-state index contributed by atoms with van der Waals surface area (Å²) in [5.41, 5.74) is 5.84. The van der Waals surface area contributed by atoms with Crippen LogP contribution in [0.1, 0.15) is 0 Å². The number of benzene rings is 2. The summed E-state index contributed by atoms with van der Waals surface area (Å²) in [6.45, 7) is 0. The number of hydrogen-bond acceptors (Lipinski definition) is 3. The van der Waals surface area contributed by atoms with E-state index >= 15 is 0 Å². The van der Waals surface area contributed by atoms with E-state index in [1.54, 1.807) is 6.07 Å². The number of halogens is 1. The van der Waals surface area contributed by atoms with Gasteiger partial charge in [-0.3, -0.25) is 4.72 Å². The second-order valence-electron chi connectivity index (χ2n) is 3.65. The Morgan fingerprint density at radius 1 is 1.00 bits per heavy atom. The molecule has 2 aromatic carbocycles. The lowest BCUT2D eigenvalue weighted by Crippen LogP contribution is -2.13. The summed E-state index contributed by atoms with van der Waals surface area (Å²) >= 11 is 0. The summed E-state index contributed by atoms with van der Waals surface area (Å²) in [6, 6.07) is 11.2. The van der Waals surface area contributed by atoms with Gasteiger partial charge in [-0.2, -0.15) is 0 Å². The third kappa shape index (κ3) is 2.60. The Hall–Kier alpha value is -2.08. The molecule has 0 heterocycles. The van der Waals surface area contributed by atoms with Gasteiger partial charge in [0.1, 0.15) is 5.82 Å². The normalized spacial score (nSPS) is 11.2. The second kappa shape index (κ2) is 4.66. The highest BCUT2D eigenvalue weighted by atomic mass is 32.2. The Morgan fingerprint density at radius 2 is 1.61 bits per heavy atom. The molecule has 0 bridgehead atoms. The van der Waals surface area contributed by atoms with Crippen LogP contribution in [0.15, 0.2) is 53.4 Å². The van der Waals surface area contributed by atoms with Crippen LogP contribution in [0.4, 0.5) is 15.8 Å².